The minimum absolute atomic E-state index is 0.677. The molecule has 3 nitrogen and oxygen atoms in total. The quantitative estimate of drug-likeness (QED) is 0.221. The number of thioether (sulfide) groups is 2. The van der Waals surface area contributed by atoms with Gasteiger partial charge < -0.3 is 14.2 Å². The summed E-state index contributed by atoms with van der Waals surface area (Å²) in [6.07, 6.45) is 10.8. The molecule has 0 aliphatic heterocycles. The van der Waals surface area contributed by atoms with E-state index in [-0.39, 0.29) is 0 Å². The van der Waals surface area contributed by atoms with Crippen molar-refractivity contribution in [3.8, 4) is 0 Å². The lowest BCUT2D eigenvalue weighted by Gasteiger charge is -2.07. The zero-order valence-corrected chi connectivity index (χ0v) is 18.4. The van der Waals surface area contributed by atoms with Gasteiger partial charge in [-0.3, -0.25) is 0 Å². The molecule has 0 fully saturated rings. The predicted octanol–water partition coefficient (Wildman–Crippen LogP) is 5.66. The zero-order valence-electron chi connectivity index (χ0n) is 16.8. The number of hydrogen-bond acceptors (Lipinski definition) is 5. The van der Waals surface area contributed by atoms with Crippen molar-refractivity contribution in [2.45, 2.75) is 65.2 Å². The van der Waals surface area contributed by atoms with Gasteiger partial charge in [-0.05, 0) is 24.3 Å². The Kier molecular flexibility index (Phi) is 25.2. The fourth-order valence-corrected chi connectivity index (χ4v) is 3.94. The van der Waals surface area contributed by atoms with E-state index in [2.05, 4.69) is 13.8 Å². The second kappa shape index (κ2) is 24.6. The van der Waals surface area contributed by atoms with E-state index in [1.807, 2.05) is 23.5 Å². The van der Waals surface area contributed by atoms with E-state index in [9.17, 15) is 0 Å². The monoisotopic (exact) mass is 394 g/mol. The van der Waals surface area contributed by atoms with Gasteiger partial charge in [0.25, 0.3) is 0 Å². The van der Waals surface area contributed by atoms with Crippen molar-refractivity contribution in [1.29, 1.82) is 0 Å². The summed E-state index contributed by atoms with van der Waals surface area (Å²) in [7, 11) is 0. The van der Waals surface area contributed by atoms with E-state index in [0.717, 1.165) is 24.7 Å². The van der Waals surface area contributed by atoms with E-state index in [4.69, 9.17) is 14.2 Å². The summed E-state index contributed by atoms with van der Waals surface area (Å²) < 4.78 is 16.7. The average molecular weight is 395 g/mol. The molecular formula is C20H42O3S2. The van der Waals surface area contributed by atoms with Crippen LogP contribution >= 0.6 is 23.5 Å². The topological polar surface area (TPSA) is 27.7 Å². The fourth-order valence-electron chi connectivity index (χ4n) is 2.24. The molecule has 0 aromatic heterocycles. The lowest BCUT2D eigenvalue weighted by Crippen LogP contribution is -2.11. The Morgan fingerprint density at radius 3 is 1.24 bits per heavy atom. The van der Waals surface area contributed by atoms with Gasteiger partial charge in [-0.1, -0.05) is 52.4 Å². The highest BCUT2D eigenvalue weighted by Crippen LogP contribution is 2.08. The Hall–Kier alpha value is 0.580. The molecule has 0 aromatic carbocycles. The van der Waals surface area contributed by atoms with Crippen molar-refractivity contribution in [3.05, 3.63) is 0 Å². The van der Waals surface area contributed by atoms with Crippen molar-refractivity contribution in [2.75, 3.05) is 62.7 Å². The van der Waals surface area contributed by atoms with Gasteiger partial charge in [0.15, 0.2) is 0 Å². The van der Waals surface area contributed by atoms with Crippen LogP contribution in [0.15, 0.2) is 0 Å². The zero-order chi connectivity index (χ0) is 18.3. The van der Waals surface area contributed by atoms with Crippen LogP contribution in [-0.4, -0.2) is 62.7 Å². The minimum atomic E-state index is 0.677. The Labute approximate surface area is 165 Å². The fraction of sp³-hybridized carbons (Fsp3) is 1.00. The molecule has 0 atom stereocenters. The van der Waals surface area contributed by atoms with Crippen LogP contribution in [0.5, 0.6) is 0 Å². The summed E-state index contributed by atoms with van der Waals surface area (Å²) >= 11 is 4.00. The molecule has 0 aliphatic carbocycles. The largest absolute Gasteiger partial charge is 0.378 e. The third-order valence-corrected chi connectivity index (χ3v) is 5.84. The van der Waals surface area contributed by atoms with Gasteiger partial charge in [0.05, 0.1) is 39.6 Å². The lowest BCUT2D eigenvalue weighted by molar-refractivity contribution is 0.0205. The van der Waals surface area contributed by atoms with Gasteiger partial charge >= 0.3 is 0 Å². The van der Waals surface area contributed by atoms with Gasteiger partial charge in [-0.25, -0.2) is 0 Å². The maximum Gasteiger partial charge on any atom is 0.0701 e. The van der Waals surface area contributed by atoms with Crippen LogP contribution in [0.4, 0.5) is 0 Å². The minimum Gasteiger partial charge on any atom is -0.378 e. The highest BCUT2D eigenvalue weighted by Gasteiger charge is 1.94. The molecule has 25 heavy (non-hydrogen) atoms. The van der Waals surface area contributed by atoms with Crippen LogP contribution in [0.3, 0.4) is 0 Å². The van der Waals surface area contributed by atoms with Crippen molar-refractivity contribution in [2.24, 2.45) is 0 Å². The summed E-state index contributed by atoms with van der Waals surface area (Å²) in [6, 6.07) is 0. The molecule has 5 heteroatoms. The predicted molar refractivity (Wildman–Crippen MR) is 115 cm³/mol. The summed E-state index contributed by atoms with van der Waals surface area (Å²) in [5.74, 6) is 4.75. The molecule has 0 heterocycles. The van der Waals surface area contributed by atoms with Crippen LogP contribution < -0.4 is 0 Å². The van der Waals surface area contributed by atoms with Crippen molar-refractivity contribution < 1.29 is 14.2 Å². The van der Waals surface area contributed by atoms with Crippen molar-refractivity contribution in [1.82, 2.24) is 0 Å². The van der Waals surface area contributed by atoms with Crippen LogP contribution in [0.2, 0.25) is 0 Å². The number of hydrogen-bond donors (Lipinski definition) is 0. The van der Waals surface area contributed by atoms with Crippen molar-refractivity contribution in [3.63, 3.8) is 0 Å². The van der Waals surface area contributed by atoms with Gasteiger partial charge in [-0.15, -0.1) is 0 Å². The normalized spacial score (nSPS) is 11.3. The first-order valence-corrected chi connectivity index (χ1v) is 12.6. The van der Waals surface area contributed by atoms with Crippen LogP contribution in [0.1, 0.15) is 65.2 Å². The van der Waals surface area contributed by atoms with E-state index >= 15 is 0 Å². The van der Waals surface area contributed by atoms with Crippen LogP contribution in [0.25, 0.3) is 0 Å². The molecule has 0 unspecified atom stereocenters. The Bertz CT molecular complexity index is 209. The molecule has 0 saturated heterocycles. The van der Waals surface area contributed by atoms with E-state index in [0.29, 0.717) is 26.4 Å². The molecule has 0 amide bonds. The number of rotatable bonds is 22. The summed E-state index contributed by atoms with van der Waals surface area (Å²) in [6.45, 7) is 8.94. The van der Waals surface area contributed by atoms with Crippen molar-refractivity contribution >= 4 is 23.5 Å². The number of unbranched alkanes of at least 4 members (excludes halogenated alkanes) is 6. The van der Waals surface area contributed by atoms with E-state index in [1.165, 1.54) is 62.9 Å². The molecule has 152 valence electrons. The van der Waals surface area contributed by atoms with E-state index in [1.54, 1.807) is 0 Å². The highest BCUT2D eigenvalue weighted by molar-refractivity contribution is 7.99. The maximum absolute atomic E-state index is 5.57. The average Bonchev–Trinajstić information content (AvgIpc) is 2.63. The Balaban J connectivity index is 2.94. The number of ether oxygens (including phenoxy) is 3. The third-order valence-electron chi connectivity index (χ3n) is 3.77. The maximum atomic E-state index is 5.57. The molecule has 0 bridgehead atoms. The molecule has 0 aliphatic rings. The first kappa shape index (κ1) is 25.6. The molecule has 0 rings (SSSR count). The van der Waals surface area contributed by atoms with E-state index < -0.39 is 0 Å². The standard InChI is InChI=1S/C20H42O3S2/c1-3-5-7-9-17-24-19-15-22-13-11-21-12-14-23-16-20-25-18-10-8-6-4-2/h3-20H2,1-2H3. The summed E-state index contributed by atoms with van der Waals surface area (Å²) in [5, 5.41) is 0. The van der Waals surface area contributed by atoms with Gasteiger partial charge in [0, 0.05) is 11.5 Å². The first-order valence-electron chi connectivity index (χ1n) is 10.3. The molecule has 0 saturated carbocycles. The molecule has 0 N–H and O–H groups in total. The molecule has 0 aromatic rings. The van der Waals surface area contributed by atoms with Crippen LogP contribution in [-0.2, 0) is 14.2 Å². The molecule has 0 radical (unpaired) electrons. The lowest BCUT2D eigenvalue weighted by atomic mass is 10.2. The first-order chi connectivity index (χ1) is 12.4. The molecule has 0 spiro atoms. The third kappa shape index (κ3) is 24.6. The second-order valence-electron chi connectivity index (χ2n) is 6.18. The molecular weight excluding hydrogens is 352 g/mol. The highest BCUT2D eigenvalue weighted by atomic mass is 32.2. The smallest absolute Gasteiger partial charge is 0.0701 e. The van der Waals surface area contributed by atoms with Gasteiger partial charge in [0.1, 0.15) is 0 Å². The van der Waals surface area contributed by atoms with Crippen LogP contribution in [0, 0.1) is 0 Å². The SMILES string of the molecule is CCCCCCSCCOCCOCCOCCSCCCCCC. The summed E-state index contributed by atoms with van der Waals surface area (Å²) in [5.41, 5.74) is 0. The Morgan fingerprint density at radius 1 is 0.440 bits per heavy atom. The van der Waals surface area contributed by atoms with Gasteiger partial charge in [-0.2, -0.15) is 23.5 Å². The second-order valence-corrected chi connectivity index (χ2v) is 8.63. The summed E-state index contributed by atoms with van der Waals surface area (Å²) in [4.78, 5) is 0. The Morgan fingerprint density at radius 2 is 0.840 bits per heavy atom. The van der Waals surface area contributed by atoms with Gasteiger partial charge in [0.2, 0.25) is 0 Å².